The summed E-state index contributed by atoms with van der Waals surface area (Å²) in [4.78, 5) is 26.3. The zero-order chi connectivity index (χ0) is 25.7. The van der Waals surface area contributed by atoms with E-state index in [9.17, 15) is 9.59 Å². The van der Waals surface area contributed by atoms with E-state index in [4.69, 9.17) is 14.2 Å². The second-order valence-electron chi connectivity index (χ2n) is 10.3. The van der Waals surface area contributed by atoms with Gasteiger partial charge in [0.1, 0.15) is 11.4 Å². The summed E-state index contributed by atoms with van der Waals surface area (Å²) in [6.07, 6.45) is 3.57. The number of ether oxygens (including phenoxy) is 3. The van der Waals surface area contributed by atoms with E-state index in [1.807, 2.05) is 57.2 Å². The average Bonchev–Trinajstić information content (AvgIpc) is 2.87. The van der Waals surface area contributed by atoms with Gasteiger partial charge in [0.15, 0.2) is 0 Å². The molecule has 0 radical (unpaired) electrons. The Bertz CT molecular complexity index is 1080. The highest BCUT2D eigenvalue weighted by Crippen LogP contribution is 2.35. The average molecular weight is 493 g/mol. The molecule has 0 aliphatic carbocycles. The summed E-state index contributed by atoms with van der Waals surface area (Å²) in [5.41, 5.74) is 3.21. The maximum absolute atomic E-state index is 12.3. The molecule has 1 atom stereocenters. The molecule has 4 rings (SSSR count). The van der Waals surface area contributed by atoms with E-state index in [2.05, 4.69) is 18.0 Å². The Hall–Kier alpha value is -3.32. The third-order valence-electron chi connectivity index (χ3n) is 6.40. The highest BCUT2D eigenvalue weighted by Gasteiger charge is 2.34. The number of hydrogen-bond acceptors (Lipinski definition) is 5. The zero-order valence-corrected chi connectivity index (χ0v) is 21.4. The van der Waals surface area contributed by atoms with E-state index in [0.717, 1.165) is 41.7 Å². The van der Waals surface area contributed by atoms with Crippen LogP contribution in [-0.4, -0.2) is 48.4 Å². The molecule has 1 saturated heterocycles. The maximum atomic E-state index is 12.3. The van der Waals surface area contributed by atoms with Gasteiger partial charge in [0.2, 0.25) is 6.29 Å². The van der Waals surface area contributed by atoms with Crippen molar-refractivity contribution in [3.8, 4) is 16.9 Å². The second-order valence-corrected chi connectivity index (χ2v) is 10.3. The van der Waals surface area contributed by atoms with E-state index in [-0.39, 0.29) is 24.2 Å². The molecule has 1 fully saturated rings. The molecule has 36 heavy (non-hydrogen) atoms. The minimum Gasteiger partial charge on any atom is -0.464 e. The smallest absolute Gasteiger partial charge is 0.410 e. The molecule has 2 aromatic carbocycles. The van der Waals surface area contributed by atoms with Gasteiger partial charge in [-0.1, -0.05) is 24.3 Å². The summed E-state index contributed by atoms with van der Waals surface area (Å²) in [5.74, 6) is 0.975. The molecule has 192 valence electrons. The van der Waals surface area contributed by atoms with Crippen LogP contribution < -0.4 is 10.1 Å². The van der Waals surface area contributed by atoms with Crippen molar-refractivity contribution in [3.05, 3.63) is 66.2 Å². The minimum atomic E-state index is -0.492. The van der Waals surface area contributed by atoms with Crippen molar-refractivity contribution in [2.24, 2.45) is 5.92 Å². The van der Waals surface area contributed by atoms with Crippen LogP contribution >= 0.6 is 0 Å². The van der Waals surface area contributed by atoms with Gasteiger partial charge < -0.3 is 24.4 Å². The third kappa shape index (κ3) is 6.46. The number of fused-ring (bicyclic) bond motifs is 1. The molecule has 0 aromatic heterocycles. The lowest BCUT2D eigenvalue weighted by Gasteiger charge is -2.38. The monoisotopic (exact) mass is 492 g/mol. The lowest BCUT2D eigenvalue weighted by atomic mass is 9.95. The maximum Gasteiger partial charge on any atom is 0.410 e. The molecule has 2 aromatic rings. The van der Waals surface area contributed by atoms with E-state index in [1.54, 1.807) is 11.0 Å². The first-order valence-corrected chi connectivity index (χ1v) is 12.6. The van der Waals surface area contributed by atoms with Crippen molar-refractivity contribution in [2.75, 3.05) is 19.6 Å². The second kappa shape index (κ2) is 11.2. The summed E-state index contributed by atoms with van der Waals surface area (Å²) in [6.45, 7) is 11.6. The van der Waals surface area contributed by atoms with Crippen LogP contribution in [0.3, 0.4) is 0 Å². The van der Waals surface area contributed by atoms with Crippen LogP contribution in [0, 0.1) is 5.92 Å². The fourth-order valence-electron chi connectivity index (χ4n) is 4.43. The van der Waals surface area contributed by atoms with Gasteiger partial charge in [-0.15, -0.1) is 6.58 Å². The number of hydrogen-bond donors (Lipinski definition) is 1. The van der Waals surface area contributed by atoms with Gasteiger partial charge in [-0.05, 0) is 75.4 Å². The van der Waals surface area contributed by atoms with Crippen LogP contribution in [0.5, 0.6) is 5.75 Å². The van der Waals surface area contributed by atoms with Crippen molar-refractivity contribution in [2.45, 2.75) is 58.5 Å². The molecule has 2 aliphatic heterocycles. The number of rotatable bonds is 6. The highest BCUT2D eigenvalue weighted by molar-refractivity contribution is 5.94. The van der Waals surface area contributed by atoms with Gasteiger partial charge in [0, 0.05) is 36.7 Å². The summed E-state index contributed by atoms with van der Waals surface area (Å²) in [5, 5.41) is 2.88. The number of nitrogens with zero attached hydrogens (tertiary/aromatic N) is 1. The van der Waals surface area contributed by atoms with Crippen molar-refractivity contribution in [1.29, 1.82) is 0 Å². The largest absolute Gasteiger partial charge is 0.464 e. The molecule has 2 aliphatic rings. The van der Waals surface area contributed by atoms with Gasteiger partial charge in [-0.3, -0.25) is 4.79 Å². The first kappa shape index (κ1) is 25.8. The summed E-state index contributed by atoms with van der Waals surface area (Å²) in [7, 11) is 0. The quantitative estimate of drug-likeness (QED) is 0.423. The predicted octanol–water partition coefficient (Wildman–Crippen LogP) is 5.54. The number of nitrogens with one attached hydrogen (secondary N) is 1. The van der Waals surface area contributed by atoms with Gasteiger partial charge in [-0.25, -0.2) is 4.79 Å². The molecule has 0 spiro atoms. The van der Waals surface area contributed by atoms with Crippen LogP contribution in [0.15, 0.2) is 55.1 Å². The summed E-state index contributed by atoms with van der Waals surface area (Å²) in [6, 6.07) is 13.7. The van der Waals surface area contributed by atoms with E-state index < -0.39 is 5.60 Å². The molecule has 1 N–H and O–H groups in total. The van der Waals surface area contributed by atoms with E-state index in [1.165, 1.54) is 0 Å². The van der Waals surface area contributed by atoms with Gasteiger partial charge in [-0.2, -0.15) is 0 Å². The number of piperidine rings is 1. The number of benzene rings is 2. The first-order valence-electron chi connectivity index (χ1n) is 12.6. The summed E-state index contributed by atoms with van der Waals surface area (Å²) >= 11 is 0. The van der Waals surface area contributed by atoms with Gasteiger partial charge in [0.05, 0.1) is 6.61 Å². The van der Waals surface area contributed by atoms with Crippen LogP contribution in [0.1, 0.15) is 56.0 Å². The molecule has 7 heteroatoms. The van der Waals surface area contributed by atoms with Crippen molar-refractivity contribution in [1.82, 2.24) is 10.2 Å². The van der Waals surface area contributed by atoms with Crippen LogP contribution in [-0.2, 0) is 16.1 Å². The Labute approximate surface area is 213 Å². The first-order chi connectivity index (χ1) is 17.2. The van der Waals surface area contributed by atoms with Crippen LogP contribution in [0.25, 0.3) is 11.1 Å². The van der Waals surface area contributed by atoms with Crippen LogP contribution in [0.2, 0.25) is 0 Å². The Morgan fingerprint density at radius 2 is 1.81 bits per heavy atom. The Kier molecular flexibility index (Phi) is 7.99. The standard InChI is InChI=1S/C29H36N2O5/c1-5-6-15-30-26(32)21-9-7-20(8-10-21)23-11-12-25-24(18-23)19-34-27(35-25)22-13-16-31(17-14-22)28(33)36-29(2,3)4/h5,7-12,18,22,27H,1,6,13-17,19H2,2-4H3,(H,30,32). The van der Waals surface area contributed by atoms with Crippen LogP contribution in [0.4, 0.5) is 4.79 Å². The molecule has 0 saturated carbocycles. The molecule has 7 nitrogen and oxygen atoms in total. The van der Waals surface area contributed by atoms with Crippen molar-refractivity contribution >= 4 is 12.0 Å². The molecular formula is C29H36N2O5. The van der Waals surface area contributed by atoms with E-state index in [0.29, 0.717) is 31.8 Å². The molecule has 2 heterocycles. The number of amides is 2. The predicted molar refractivity (Wildman–Crippen MR) is 139 cm³/mol. The lowest BCUT2D eigenvalue weighted by molar-refractivity contribution is -0.149. The number of likely N-dealkylation sites (tertiary alicyclic amines) is 1. The normalized spacial score (nSPS) is 18.1. The van der Waals surface area contributed by atoms with Gasteiger partial charge in [0.25, 0.3) is 5.91 Å². The van der Waals surface area contributed by atoms with Crippen molar-refractivity contribution in [3.63, 3.8) is 0 Å². The topological polar surface area (TPSA) is 77.1 Å². The third-order valence-corrected chi connectivity index (χ3v) is 6.40. The lowest BCUT2D eigenvalue weighted by Crippen LogP contribution is -2.45. The SMILES string of the molecule is C=CCCNC(=O)c1ccc(-c2ccc3c(c2)COC(C2CCN(C(=O)OC(C)(C)C)CC2)O3)cc1. The number of carbonyl (C=O) groups is 2. The molecule has 0 bridgehead atoms. The minimum absolute atomic E-state index is 0.0846. The Morgan fingerprint density at radius 3 is 2.47 bits per heavy atom. The molecule has 2 amide bonds. The fourth-order valence-corrected chi connectivity index (χ4v) is 4.43. The van der Waals surface area contributed by atoms with Crippen molar-refractivity contribution < 1.29 is 23.8 Å². The highest BCUT2D eigenvalue weighted by atomic mass is 16.7. The van der Waals surface area contributed by atoms with E-state index >= 15 is 0 Å². The zero-order valence-electron chi connectivity index (χ0n) is 21.4. The fraction of sp³-hybridized carbons (Fsp3) is 0.448. The van der Waals surface area contributed by atoms with Gasteiger partial charge >= 0.3 is 6.09 Å². The Balaban J connectivity index is 1.33. The number of carbonyl (C=O) groups excluding carboxylic acids is 2. The molecule has 1 unspecified atom stereocenters. The molecular weight excluding hydrogens is 456 g/mol. The summed E-state index contributed by atoms with van der Waals surface area (Å²) < 4.78 is 17.8. The Morgan fingerprint density at radius 1 is 1.11 bits per heavy atom.